The van der Waals surface area contributed by atoms with Crippen LogP contribution in [0.5, 0.6) is 5.75 Å². The summed E-state index contributed by atoms with van der Waals surface area (Å²) in [5, 5.41) is 9.47. The molecule has 0 radical (unpaired) electrons. The van der Waals surface area contributed by atoms with E-state index in [0.29, 0.717) is 13.1 Å². The second kappa shape index (κ2) is 4.66. The molecular formula is C12H17NO3S. The number of sulfonamides is 1. The van der Waals surface area contributed by atoms with Crippen molar-refractivity contribution < 1.29 is 13.5 Å². The van der Waals surface area contributed by atoms with Crippen molar-refractivity contribution in [2.24, 2.45) is 0 Å². The van der Waals surface area contributed by atoms with Crippen molar-refractivity contribution in [3.05, 3.63) is 23.8 Å². The molecule has 1 aromatic carbocycles. The van der Waals surface area contributed by atoms with Crippen LogP contribution >= 0.6 is 0 Å². The highest BCUT2D eigenvalue weighted by atomic mass is 32.2. The summed E-state index contributed by atoms with van der Waals surface area (Å²) < 4.78 is 26.1. The zero-order chi connectivity index (χ0) is 12.5. The van der Waals surface area contributed by atoms with Crippen LogP contribution in [0.2, 0.25) is 0 Å². The number of rotatable bonds is 2. The van der Waals surface area contributed by atoms with E-state index < -0.39 is 10.0 Å². The van der Waals surface area contributed by atoms with Crippen LogP contribution in [0.4, 0.5) is 0 Å². The fraction of sp³-hybridized carbons (Fsp3) is 0.500. The molecule has 0 unspecified atom stereocenters. The van der Waals surface area contributed by atoms with Crippen LogP contribution in [-0.4, -0.2) is 30.9 Å². The van der Waals surface area contributed by atoms with Gasteiger partial charge in [0.25, 0.3) is 0 Å². The number of phenols is 1. The number of hydrogen-bond acceptors (Lipinski definition) is 3. The van der Waals surface area contributed by atoms with Crippen molar-refractivity contribution >= 4 is 10.0 Å². The normalized spacial score (nSPS) is 18.2. The Hall–Kier alpha value is -1.07. The Morgan fingerprint density at radius 3 is 2.35 bits per heavy atom. The minimum atomic E-state index is -3.43. The third-order valence-corrected chi connectivity index (χ3v) is 4.86. The molecule has 0 atom stereocenters. The molecule has 1 aliphatic heterocycles. The van der Waals surface area contributed by atoms with Crippen molar-refractivity contribution in [3.8, 4) is 5.75 Å². The van der Waals surface area contributed by atoms with E-state index in [9.17, 15) is 13.5 Å². The molecular weight excluding hydrogens is 238 g/mol. The summed E-state index contributed by atoms with van der Waals surface area (Å²) in [5.74, 6) is 0.000541. The first kappa shape index (κ1) is 12.4. The number of nitrogens with zero attached hydrogens (tertiary/aromatic N) is 1. The maximum Gasteiger partial charge on any atom is 0.243 e. The van der Waals surface area contributed by atoms with Gasteiger partial charge in [0.1, 0.15) is 5.75 Å². The van der Waals surface area contributed by atoms with Crippen LogP contribution in [0, 0.1) is 6.92 Å². The van der Waals surface area contributed by atoms with Crippen molar-refractivity contribution in [3.63, 3.8) is 0 Å². The Kier molecular flexibility index (Phi) is 3.40. The molecule has 5 heteroatoms. The van der Waals surface area contributed by atoms with E-state index in [2.05, 4.69) is 0 Å². The summed E-state index contributed by atoms with van der Waals surface area (Å²) in [6.45, 7) is 2.93. The molecule has 1 saturated heterocycles. The summed E-state index contributed by atoms with van der Waals surface area (Å²) in [5.41, 5.74) is 0.751. The van der Waals surface area contributed by atoms with Gasteiger partial charge in [0, 0.05) is 13.1 Å². The van der Waals surface area contributed by atoms with Crippen LogP contribution < -0.4 is 0 Å². The summed E-state index contributed by atoms with van der Waals surface area (Å²) in [4.78, 5) is 0.192. The van der Waals surface area contributed by atoms with Crippen LogP contribution in [-0.2, 0) is 10.0 Å². The summed E-state index contributed by atoms with van der Waals surface area (Å²) >= 11 is 0. The van der Waals surface area contributed by atoms with E-state index >= 15 is 0 Å². The predicted octanol–water partition coefficient (Wildman–Crippen LogP) is 1.88. The average molecular weight is 255 g/mol. The average Bonchev–Trinajstić information content (AvgIpc) is 2.29. The van der Waals surface area contributed by atoms with Crippen LogP contribution in [0.25, 0.3) is 0 Å². The molecule has 0 spiro atoms. The maximum atomic E-state index is 12.3. The van der Waals surface area contributed by atoms with Gasteiger partial charge in [-0.05, 0) is 43.5 Å². The molecule has 1 heterocycles. The smallest absolute Gasteiger partial charge is 0.243 e. The summed E-state index contributed by atoms with van der Waals surface area (Å²) in [6.07, 6.45) is 2.92. The molecule has 94 valence electrons. The zero-order valence-electron chi connectivity index (χ0n) is 9.89. The molecule has 1 fully saturated rings. The zero-order valence-corrected chi connectivity index (χ0v) is 10.7. The minimum absolute atomic E-state index is 0.000541. The lowest BCUT2D eigenvalue weighted by Gasteiger charge is -2.26. The molecule has 0 aromatic heterocycles. The number of aryl methyl sites for hydroxylation is 1. The third kappa shape index (κ3) is 2.61. The Labute approximate surface area is 102 Å². The highest BCUT2D eigenvalue weighted by Crippen LogP contribution is 2.24. The van der Waals surface area contributed by atoms with E-state index in [1.807, 2.05) is 0 Å². The minimum Gasteiger partial charge on any atom is -0.508 e. The largest absolute Gasteiger partial charge is 0.508 e. The van der Waals surface area contributed by atoms with Crippen LogP contribution in [0.15, 0.2) is 23.1 Å². The third-order valence-electron chi connectivity index (χ3n) is 2.99. The Balaban J connectivity index is 2.36. The van der Waals surface area contributed by atoms with Gasteiger partial charge in [0.15, 0.2) is 0 Å². The lowest BCUT2D eigenvalue weighted by molar-refractivity contribution is 0.346. The molecule has 4 nitrogen and oxygen atoms in total. The second-order valence-corrected chi connectivity index (χ2v) is 6.41. The first-order chi connectivity index (χ1) is 8.00. The van der Waals surface area contributed by atoms with Gasteiger partial charge in [-0.15, -0.1) is 0 Å². The first-order valence-electron chi connectivity index (χ1n) is 5.81. The number of aromatic hydroxyl groups is 1. The van der Waals surface area contributed by atoms with Crippen molar-refractivity contribution in [1.29, 1.82) is 0 Å². The number of benzene rings is 1. The monoisotopic (exact) mass is 255 g/mol. The van der Waals surface area contributed by atoms with Gasteiger partial charge < -0.3 is 5.11 Å². The number of piperidine rings is 1. The van der Waals surface area contributed by atoms with Crippen LogP contribution in [0.1, 0.15) is 24.8 Å². The molecule has 0 aliphatic carbocycles. The molecule has 0 bridgehead atoms. The summed E-state index contributed by atoms with van der Waals surface area (Å²) in [7, 11) is -3.43. The van der Waals surface area contributed by atoms with Gasteiger partial charge in [-0.25, -0.2) is 8.42 Å². The van der Waals surface area contributed by atoms with E-state index in [1.54, 1.807) is 19.1 Å². The van der Waals surface area contributed by atoms with Crippen molar-refractivity contribution in [1.82, 2.24) is 4.31 Å². The SMILES string of the molecule is Cc1cc(O)cc(S(=O)(=O)N2CCCCC2)c1. The van der Waals surface area contributed by atoms with Crippen LogP contribution in [0.3, 0.4) is 0 Å². The molecule has 0 saturated carbocycles. The van der Waals surface area contributed by atoms with Crippen molar-refractivity contribution in [2.75, 3.05) is 13.1 Å². The number of hydrogen-bond donors (Lipinski definition) is 1. The van der Waals surface area contributed by atoms with Gasteiger partial charge in [-0.1, -0.05) is 6.42 Å². The van der Waals surface area contributed by atoms with E-state index in [1.165, 1.54) is 10.4 Å². The standard InChI is InChI=1S/C12H17NO3S/c1-10-7-11(14)9-12(8-10)17(15,16)13-5-3-2-4-6-13/h7-9,14H,2-6H2,1H3. The molecule has 1 aromatic rings. The molecule has 2 rings (SSSR count). The highest BCUT2D eigenvalue weighted by molar-refractivity contribution is 7.89. The van der Waals surface area contributed by atoms with Crippen molar-refractivity contribution in [2.45, 2.75) is 31.1 Å². The highest BCUT2D eigenvalue weighted by Gasteiger charge is 2.26. The van der Waals surface area contributed by atoms with E-state index in [4.69, 9.17) is 0 Å². The Morgan fingerprint density at radius 2 is 1.76 bits per heavy atom. The maximum absolute atomic E-state index is 12.3. The fourth-order valence-corrected chi connectivity index (χ4v) is 3.77. The van der Waals surface area contributed by atoms with Gasteiger partial charge >= 0.3 is 0 Å². The first-order valence-corrected chi connectivity index (χ1v) is 7.25. The molecule has 0 amide bonds. The van der Waals surface area contributed by atoms with E-state index in [-0.39, 0.29) is 10.6 Å². The van der Waals surface area contributed by atoms with Gasteiger partial charge in [0.2, 0.25) is 10.0 Å². The lowest BCUT2D eigenvalue weighted by atomic mass is 10.2. The van der Waals surface area contributed by atoms with Gasteiger partial charge in [-0.3, -0.25) is 0 Å². The number of phenolic OH excluding ortho intramolecular Hbond substituents is 1. The quantitative estimate of drug-likeness (QED) is 0.877. The van der Waals surface area contributed by atoms with Gasteiger partial charge in [0.05, 0.1) is 4.90 Å². The fourth-order valence-electron chi connectivity index (χ4n) is 2.13. The topological polar surface area (TPSA) is 57.6 Å². The summed E-state index contributed by atoms with van der Waals surface area (Å²) in [6, 6.07) is 4.47. The van der Waals surface area contributed by atoms with Gasteiger partial charge in [-0.2, -0.15) is 4.31 Å². The predicted molar refractivity (Wildman–Crippen MR) is 65.5 cm³/mol. The second-order valence-electron chi connectivity index (χ2n) is 4.47. The lowest BCUT2D eigenvalue weighted by Crippen LogP contribution is -2.35. The Morgan fingerprint density at radius 1 is 1.12 bits per heavy atom. The molecule has 1 aliphatic rings. The Bertz CT molecular complexity index is 484. The van der Waals surface area contributed by atoms with E-state index in [0.717, 1.165) is 24.8 Å². The molecule has 1 N–H and O–H groups in total. The molecule has 17 heavy (non-hydrogen) atoms.